The number of amides is 1. The molecule has 1 fully saturated rings. The van der Waals surface area contributed by atoms with Crippen LogP contribution in [0.3, 0.4) is 0 Å². The average Bonchev–Trinajstić information content (AvgIpc) is 3.23. The Hall–Kier alpha value is -2.49. The first-order valence-corrected chi connectivity index (χ1v) is 7.72. The van der Waals surface area contributed by atoms with Gasteiger partial charge >= 0.3 is 0 Å². The van der Waals surface area contributed by atoms with Crippen LogP contribution in [0.15, 0.2) is 53.1 Å². The number of piperidine rings is 1. The zero-order valence-corrected chi connectivity index (χ0v) is 12.3. The molecule has 1 saturated heterocycles. The van der Waals surface area contributed by atoms with Crippen molar-refractivity contribution in [3.05, 3.63) is 60.2 Å². The summed E-state index contributed by atoms with van der Waals surface area (Å²) in [4.78, 5) is 17.7. The van der Waals surface area contributed by atoms with E-state index < -0.39 is 0 Å². The van der Waals surface area contributed by atoms with Gasteiger partial charge in [0.2, 0.25) is 0 Å². The predicted octanol–water partition coefficient (Wildman–Crippen LogP) is 3.78. The quantitative estimate of drug-likeness (QED) is 0.782. The first kappa shape index (κ1) is 13.2. The minimum absolute atomic E-state index is 0.0000897. The lowest BCUT2D eigenvalue weighted by atomic mass is 9.93. The van der Waals surface area contributed by atoms with Gasteiger partial charge in [0.05, 0.1) is 6.26 Å². The number of likely N-dealkylation sites (tertiary alicyclic amines) is 1. The van der Waals surface area contributed by atoms with Crippen molar-refractivity contribution in [2.45, 2.75) is 18.8 Å². The summed E-state index contributed by atoms with van der Waals surface area (Å²) in [6.45, 7) is 1.55. The molecule has 1 aliphatic heterocycles. The normalized spacial score (nSPS) is 16.3. The standard InChI is InChI=1S/C18H18N2O2/c21-18(17-6-3-11-22-17)20-9-7-13(8-10-20)16-12-14-4-1-2-5-15(14)19-16/h1-6,11-13,19H,7-10H2. The van der Waals surface area contributed by atoms with Gasteiger partial charge in [0, 0.05) is 30.2 Å². The van der Waals surface area contributed by atoms with E-state index in [2.05, 4.69) is 29.2 Å². The number of fused-ring (bicyclic) bond motifs is 1. The Bertz CT molecular complexity index is 747. The molecule has 1 aliphatic rings. The third-order valence-electron chi connectivity index (χ3n) is 4.50. The van der Waals surface area contributed by atoms with E-state index in [1.807, 2.05) is 11.0 Å². The van der Waals surface area contributed by atoms with E-state index in [0.717, 1.165) is 25.9 Å². The number of rotatable bonds is 2. The zero-order valence-electron chi connectivity index (χ0n) is 12.3. The van der Waals surface area contributed by atoms with Crippen molar-refractivity contribution in [2.75, 3.05) is 13.1 Å². The minimum Gasteiger partial charge on any atom is -0.459 e. The van der Waals surface area contributed by atoms with Gasteiger partial charge < -0.3 is 14.3 Å². The van der Waals surface area contributed by atoms with Gasteiger partial charge in [-0.05, 0) is 42.5 Å². The van der Waals surface area contributed by atoms with Crippen LogP contribution in [-0.2, 0) is 0 Å². The number of aromatic amines is 1. The molecule has 0 aliphatic carbocycles. The zero-order chi connectivity index (χ0) is 14.9. The monoisotopic (exact) mass is 294 g/mol. The molecule has 112 valence electrons. The molecule has 4 heteroatoms. The van der Waals surface area contributed by atoms with E-state index in [4.69, 9.17) is 4.42 Å². The van der Waals surface area contributed by atoms with E-state index in [-0.39, 0.29) is 5.91 Å². The number of para-hydroxylation sites is 1. The molecule has 4 nitrogen and oxygen atoms in total. The number of benzene rings is 1. The molecule has 0 spiro atoms. The highest BCUT2D eigenvalue weighted by Gasteiger charge is 2.26. The van der Waals surface area contributed by atoms with Gasteiger partial charge in [-0.25, -0.2) is 0 Å². The van der Waals surface area contributed by atoms with Crippen molar-refractivity contribution < 1.29 is 9.21 Å². The Balaban J connectivity index is 1.46. The van der Waals surface area contributed by atoms with Crippen molar-refractivity contribution >= 4 is 16.8 Å². The average molecular weight is 294 g/mol. The molecular weight excluding hydrogens is 276 g/mol. The van der Waals surface area contributed by atoms with Crippen molar-refractivity contribution in [1.82, 2.24) is 9.88 Å². The molecule has 4 rings (SSSR count). The fraction of sp³-hybridized carbons (Fsp3) is 0.278. The fourth-order valence-corrected chi connectivity index (χ4v) is 3.27. The van der Waals surface area contributed by atoms with Crippen LogP contribution < -0.4 is 0 Å². The molecule has 0 saturated carbocycles. The van der Waals surface area contributed by atoms with Crippen molar-refractivity contribution in [2.24, 2.45) is 0 Å². The number of nitrogens with one attached hydrogen (secondary N) is 1. The predicted molar refractivity (Wildman–Crippen MR) is 84.9 cm³/mol. The molecule has 0 unspecified atom stereocenters. The second-order valence-electron chi connectivity index (χ2n) is 5.86. The minimum atomic E-state index is 0.0000897. The lowest BCUT2D eigenvalue weighted by Crippen LogP contribution is -2.37. The summed E-state index contributed by atoms with van der Waals surface area (Å²) in [5.41, 5.74) is 2.47. The van der Waals surface area contributed by atoms with Gasteiger partial charge in [0.15, 0.2) is 5.76 Å². The van der Waals surface area contributed by atoms with Gasteiger partial charge in [0.25, 0.3) is 5.91 Å². The topological polar surface area (TPSA) is 49.2 Å². The highest BCUT2D eigenvalue weighted by atomic mass is 16.3. The molecular formula is C18H18N2O2. The molecule has 22 heavy (non-hydrogen) atoms. The van der Waals surface area contributed by atoms with Crippen LogP contribution in [0.2, 0.25) is 0 Å². The summed E-state index contributed by atoms with van der Waals surface area (Å²) in [7, 11) is 0. The third-order valence-corrected chi connectivity index (χ3v) is 4.50. The highest BCUT2D eigenvalue weighted by Crippen LogP contribution is 2.30. The molecule has 1 aromatic carbocycles. The summed E-state index contributed by atoms with van der Waals surface area (Å²) >= 11 is 0. The summed E-state index contributed by atoms with van der Waals surface area (Å²) in [6, 6.07) is 14.1. The molecule has 3 aromatic rings. The molecule has 1 N–H and O–H groups in total. The smallest absolute Gasteiger partial charge is 0.289 e. The summed E-state index contributed by atoms with van der Waals surface area (Å²) in [5, 5.41) is 1.26. The number of hydrogen-bond donors (Lipinski definition) is 1. The maximum Gasteiger partial charge on any atom is 0.289 e. The number of nitrogens with zero attached hydrogens (tertiary/aromatic N) is 1. The van der Waals surface area contributed by atoms with E-state index in [1.54, 1.807) is 18.4 Å². The lowest BCUT2D eigenvalue weighted by Gasteiger charge is -2.31. The van der Waals surface area contributed by atoms with Crippen LogP contribution in [0.25, 0.3) is 10.9 Å². The lowest BCUT2D eigenvalue weighted by molar-refractivity contribution is 0.0680. The molecule has 0 radical (unpaired) electrons. The van der Waals surface area contributed by atoms with E-state index in [0.29, 0.717) is 11.7 Å². The number of carbonyl (C=O) groups is 1. The Morgan fingerprint density at radius 2 is 1.95 bits per heavy atom. The highest BCUT2D eigenvalue weighted by molar-refractivity contribution is 5.91. The van der Waals surface area contributed by atoms with Crippen LogP contribution in [0, 0.1) is 0 Å². The molecule has 0 atom stereocenters. The molecule has 3 heterocycles. The first-order valence-electron chi connectivity index (χ1n) is 7.72. The van der Waals surface area contributed by atoms with Crippen LogP contribution in [0.4, 0.5) is 0 Å². The largest absolute Gasteiger partial charge is 0.459 e. The van der Waals surface area contributed by atoms with Gasteiger partial charge in [0.1, 0.15) is 0 Å². The van der Waals surface area contributed by atoms with E-state index >= 15 is 0 Å². The SMILES string of the molecule is O=C(c1ccco1)N1CCC(c2cc3ccccc3[nH]2)CC1. The summed E-state index contributed by atoms with van der Waals surface area (Å²) < 4.78 is 5.20. The molecule has 2 aromatic heterocycles. The fourth-order valence-electron chi connectivity index (χ4n) is 3.27. The molecule has 0 bridgehead atoms. The Morgan fingerprint density at radius 3 is 2.68 bits per heavy atom. The van der Waals surface area contributed by atoms with E-state index in [9.17, 15) is 4.79 Å². The Labute approximate surface area is 128 Å². The van der Waals surface area contributed by atoms with E-state index in [1.165, 1.54) is 16.6 Å². The maximum absolute atomic E-state index is 12.3. The Kier molecular flexibility index (Phi) is 3.22. The van der Waals surface area contributed by atoms with Gasteiger partial charge in [-0.1, -0.05) is 18.2 Å². The van der Waals surface area contributed by atoms with Crippen molar-refractivity contribution in [3.8, 4) is 0 Å². The molecule has 1 amide bonds. The van der Waals surface area contributed by atoms with Crippen molar-refractivity contribution in [3.63, 3.8) is 0 Å². The van der Waals surface area contributed by atoms with Crippen LogP contribution in [0.5, 0.6) is 0 Å². The number of furan rings is 1. The van der Waals surface area contributed by atoms with Gasteiger partial charge in [-0.15, -0.1) is 0 Å². The third kappa shape index (κ3) is 2.30. The summed E-state index contributed by atoms with van der Waals surface area (Å²) in [5.74, 6) is 0.928. The van der Waals surface area contributed by atoms with Crippen LogP contribution in [-0.4, -0.2) is 28.9 Å². The number of carbonyl (C=O) groups excluding carboxylic acids is 1. The van der Waals surface area contributed by atoms with Crippen LogP contribution >= 0.6 is 0 Å². The van der Waals surface area contributed by atoms with Crippen molar-refractivity contribution in [1.29, 1.82) is 0 Å². The second-order valence-corrected chi connectivity index (χ2v) is 5.86. The number of hydrogen-bond acceptors (Lipinski definition) is 2. The maximum atomic E-state index is 12.3. The Morgan fingerprint density at radius 1 is 1.14 bits per heavy atom. The summed E-state index contributed by atoms with van der Waals surface area (Å²) in [6.07, 6.45) is 3.52. The first-order chi connectivity index (χ1) is 10.8. The van der Waals surface area contributed by atoms with Gasteiger partial charge in [-0.2, -0.15) is 0 Å². The van der Waals surface area contributed by atoms with Crippen LogP contribution in [0.1, 0.15) is 35.0 Å². The number of aromatic nitrogens is 1. The van der Waals surface area contributed by atoms with Gasteiger partial charge in [-0.3, -0.25) is 4.79 Å². The second kappa shape index (κ2) is 5.37. The number of H-pyrrole nitrogens is 1.